The lowest BCUT2D eigenvalue weighted by molar-refractivity contribution is 0.175. The van der Waals surface area contributed by atoms with Gasteiger partial charge in [0.1, 0.15) is 0 Å². The van der Waals surface area contributed by atoms with E-state index >= 15 is 0 Å². The molecular formula is C14H28O2Si. The third kappa shape index (κ3) is 2.00. The zero-order valence-corrected chi connectivity index (χ0v) is 13.2. The minimum atomic E-state index is -1.98. The van der Waals surface area contributed by atoms with Gasteiger partial charge in [0, 0.05) is 24.3 Å². The summed E-state index contributed by atoms with van der Waals surface area (Å²) < 4.78 is 12.6. The van der Waals surface area contributed by atoms with Crippen LogP contribution in [0.1, 0.15) is 41.5 Å². The van der Waals surface area contributed by atoms with Crippen LogP contribution in [0.25, 0.3) is 0 Å². The van der Waals surface area contributed by atoms with Crippen molar-refractivity contribution in [3.05, 3.63) is 0 Å². The van der Waals surface area contributed by atoms with Crippen molar-refractivity contribution < 1.29 is 8.85 Å². The van der Waals surface area contributed by atoms with E-state index in [9.17, 15) is 0 Å². The molecule has 0 saturated heterocycles. The fourth-order valence-corrected chi connectivity index (χ4v) is 10.0. The maximum absolute atomic E-state index is 6.32. The summed E-state index contributed by atoms with van der Waals surface area (Å²) in [5.41, 5.74) is 1.47. The van der Waals surface area contributed by atoms with Crippen molar-refractivity contribution in [2.24, 2.45) is 23.7 Å². The Labute approximate surface area is 107 Å². The van der Waals surface area contributed by atoms with Gasteiger partial charge < -0.3 is 8.85 Å². The third-order valence-electron chi connectivity index (χ3n) is 5.31. The smallest absolute Gasteiger partial charge is 0.345 e. The number of hydrogen-bond acceptors (Lipinski definition) is 2. The summed E-state index contributed by atoms with van der Waals surface area (Å²) in [6.07, 6.45) is 0. The minimum absolute atomic E-state index is 0.736. The molecule has 0 aromatic carbocycles. The molecule has 0 amide bonds. The van der Waals surface area contributed by atoms with Gasteiger partial charge in [0.2, 0.25) is 0 Å². The van der Waals surface area contributed by atoms with Gasteiger partial charge in [0.25, 0.3) is 0 Å². The molecule has 0 heterocycles. The lowest BCUT2D eigenvalue weighted by Gasteiger charge is -2.32. The van der Waals surface area contributed by atoms with Crippen LogP contribution in [0.5, 0.6) is 0 Å². The van der Waals surface area contributed by atoms with Crippen LogP contribution in [0.3, 0.4) is 0 Å². The monoisotopic (exact) mass is 256 g/mol. The van der Waals surface area contributed by atoms with E-state index in [2.05, 4.69) is 41.5 Å². The fourth-order valence-electron chi connectivity index (χ4n) is 3.89. The van der Waals surface area contributed by atoms with E-state index < -0.39 is 8.56 Å². The van der Waals surface area contributed by atoms with Crippen LogP contribution >= 0.6 is 0 Å². The van der Waals surface area contributed by atoms with Crippen molar-refractivity contribution >= 4 is 8.56 Å². The Bertz CT molecular complexity index is 237. The molecule has 100 valence electrons. The zero-order chi connectivity index (χ0) is 12.8. The highest BCUT2D eigenvalue weighted by atomic mass is 28.4. The average Bonchev–Trinajstić information content (AvgIpc) is 3.07. The van der Waals surface area contributed by atoms with E-state index in [0.29, 0.717) is 0 Å². The van der Waals surface area contributed by atoms with Gasteiger partial charge in [-0.3, -0.25) is 0 Å². The van der Waals surface area contributed by atoms with Crippen molar-refractivity contribution in [1.82, 2.24) is 0 Å². The van der Waals surface area contributed by atoms with E-state index in [0.717, 1.165) is 48.0 Å². The molecule has 0 aromatic heterocycles. The van der Waals surface area contributed by atoms with Gasteiger partial charge in [0.05, 0.1) is 0 Å². The Kier molecular flexibility index (Phi) is 3.73. The van der Waals surface area contributed by atoms with E-state index in [1.807, 2.05) is 0 Å². The summed E-state index contributed by atoms with van der Waals surface area (Å²) in [7, 11) is -1.98. The molecule has 2 nitrogen and oxygen atoms in total. The average molecular weight is 256 g/mol. The normalized spacial score (nSPS) is 44.8. The zero-order valence-electron chi connectivity index (χ0n) is 12.2. The maximum atomic E-state index is 6.32. The summed E-state index contributed by atoms with van der Waals surface area (Å²) in [4.78, 5) is 0. The molecule has 0 bridgehead atoms. The van der Waals surface area contributed by atoms with Gasteiger partial charge in [-0.1, -0.05) is 27.7 Å². The second kappa shape index (κ2) is 4.67. The first-order valence-corrected chi connectivity index (χ1v) is 9.26. The Morgan fingerprint density at radius 2 is 1.00 bits per heavy atom. The highest BCUT2D eigenvalue weighted by Crippen LogP contribution is 2.69. The van der Waals surface area contributed by atoms with Gasteiger partial charge >= 0.3 is 8.56 Å². The molecule has 0 N–H and O–H groups in total. The molecule has 0 aromatic rings. The largest absolute Gasteiger partial charge is 0.394 e. The summed E-state index contributed by atoms with van der Waals surface area (Å²) in [6.45, 7) is 15.3. The first-order valence-electron chi connectivity index (χ1n) is 7.29. The summed E-state index contributed by atoms with van der Waals surface area (Å²) in [6, 6.07) is 0. The van der Waals surface area contributed by atoms with Crippen molar-refractivity contribution in [1.29, 1.82) is 0 Å². The summed E-state index contributed by atoms with van der Waals surface area (Å²) in [5.74, 6) is 3.22. The lowest BCUT2D eigenvalue weighted by atomic mass is 10.4. The van der Waals surface area contributed by atoms with Gasteiger partial charge in [0.15, 0.2) is 0 Å². The van der Waals surface area contributed by atoms with E-state index in [-0.39, 0.29) is 0 Å². The molecule has 2 aliphatic carbocycles. The molecule has 2 fully saturated rings. The Hall–Kier alpha value is 0.137. The Balaban J connectivity index is 2.20. The number of rotatable bonds is 6. The Morgan fingerprint density at radius 3 is 1.18 bits per heavy atom. The van der Waals surface area contributed by atoms with Gasteiger partial charge in [-0.15, -0.1) is 0 Å². The van der Waals surface area contributed by atoms with Crippen molar-refractivity contribution in [3.8, 4) is 0 Å². The molecule has 2 rings (SSSR count). The van der Waals surface area contributed by atoms with Crippen LogP contribution in [0.2, 0.25) is 11.1 Å². The minimum Gasteiger partial charge on any atom is -0.394 e. The molecule has 4 unspecified atom stereocenters. The summed E-state index contributed by atoms with van der Waals surface area (Å²) >= 11 is 0. The van der Waals surface area contributed by atoms with Crippen molar-refractivity contribution in [3.63, 3.8) is 0 Å². The molecule has 17 heavy (non-hydrogen) atoms. The molecule has 4 atom stereocenters. The van der Waals surface area contributed by atoms with Crippen LogP contribution in [-0.2, 0) is 8.85 Å². The first-order chi connectivity index (χ1) is 8.01. The van der Waals surface area contributed by atoms with Crippen molar-refractivity contribution in [2.75, 3.05) is 13.2 Å². The molecular weight excluding hydrogens is 228 g/mol. The van der Waals surface area contributed by atoms with Gasteiger partial charge in [-0.2, -0.15) is 0 Å². The molecule has 0 spiro atoms. The molecule has 0 radical (unpaired) electrons. The van der Waals surface area contributed by atoms with Gasteiger partial charge in [-0.25, -0.2) is 0 Å². The Morgan fingerprint density at radius 1 is 0.706 bits per heavy atom. The maximum Gasteiger partial charge on any atom is 0.345 e. The SMILES string of the molecule is CCO[Si](OCC)(C1C(C)C1C)C1C(C)C1C. The molecule has 2 saturated carbocycles. The van der Waals surface area contributed by atoms with Crippen LogP contribution in [0.4, 0.5) is 0 Å². The fraction of sp³-hybridized carbons (Fsp3) is 1.00. The molecule has 0 aliphatic heterocycles. The molecule has 2 aliphatic rings. The van der Waals surface area contributed by atoms with Crippen LogP contribution in [0, 0.1) is 23.7 Å². The van der Waals surface area contributed by atoms with Crippen LogP contribution < -0.4 is 0 Å². The van der Waals surface area contributed by atoms with Crippen LogP contribution in [-0.4, -0.2) is 21.8 Å². The van der Waals surface area contributed by atoms with E-state index in [1.54, 1.807) is 0 Å². The predicted octanol–water partition coefficient (Wildman–Crippen LogP) is 3.81. The first kappa shape index (κ1) is 13.6. The topological polar surface area (TPSA) is 18.5 Å². The van der Waals surface area contributed by atoms with E-state index in [4.69, 9.17) is 8.85 Å². The van der Waals surface area contributed by atoms with E-state index in [1.165, 1.54) is 0 Å². The highest BCUT2D eigenvalue weighted by molar-refractivity contribution is 6.72. The highest BCUT2D eigenvalue weighted by Gasteiger charge is 2.71. The molecule has 3 heteroatoms. The second-order valence-electron chi connectivity index (χ2n) is 6.08. The van der Waals surface area contributed by atoms with Crippen LogP contribution in [0.15, 0.2) is 0 Å². The quantitative estimate of drug-likeness (QED) is 0.673. The number of hydrogen-bond donors (Lipinski definition) is 0. The third-order valence-corrected chi connectivity index (χ3v) is 10.8. The lowest BCUT2D eigenvalue weighted by Crippen LogP contribution is -2.45. The predicted molar refractivity (Wildman–Crippen MR) is 73.2 cm³/mol. The summed E-state index contributed by atoms with van der Waals surface area (Å²) in [5, 5.41) is 0. The standard InChI is InChI=1S/C14H28O2Si/c1-7-15-17(16-8-2,13-9(3)10(13)4)14-11(5)12(14)6/h9-14H,7-8H2,1-6H3. The van der Waals surface area contributed by atoms with Crippen molar-refractivity contribution in [2.45, 2.75) is 52.6 Å². The van der Waals surface area contributed by atoms with Gasteiger partial charge in [-0.05, 0) is 37.5 Å². The second-order valence-corrected chi connectivity index (χ2v) is 9.43.